The number of aliphatic carboxylic acids is 1. The second-order valence-corrected chi connectivity index (χ2v) is 4.11. The molecule has 114 valence electrons. The molecule has 0 aliphatic heterocycles. The maximum absolute atomic E-state index is 12.5. The van der Waals surface area contributed by atoms with Crippen LogP contribution in [0, 0.1) is 0 Å². The zero-order valence-corrected chi connectivity index (χ0v) is 10.5. The third-order valence-electron chi connectivity index (χ3n) is 2.46. The molecule has 0 saturated carbocycles. The van der Waals surface area contributed by atoms with Crippen LogP contribution >= 0.6 is 0 Å². The molecule has 0 saturated heterocycles. The van der Waals surface area contributed by atoms with E-state index < -0.39 is 42.0 Å². The molecule has 9 heteroatoms. The highest BCUT2D eigenvalue weighted by atomic mass is 19.4. The van der Waals surface area contributed by atoms with Crippen molar-refractivity contribution in [2.24, 2.45) is 5.73 Å². The van der Waals surface area contributed by atoms with Crippen LogP contribution in [0.2, 0.25) is 0 Å². The first-order chi connectivity index (χ1) is 9.61. The quantitative estimate of drug-likeness (QED) is 0.746. The summed E-state index contributed by atoms with van der Waals surface area (Å²) in [4.78, 5) is 33.2. The van der Waals surface area contributed by atoms with Crippen LogP contribution in [0.3, 0.4) is 0 Å². The van der Waals surface area contributed by atoms with Crippen molar-refractivity contribution in [2.45, 2.75) is 18.6 Å². The van der Waals surface area contributed by atoms with E-state index in [4.69, 9.17) is 10.8 Å². The number of carboxylic acids is 1. The fraction of sp³-hybridized carbons (Fsp3) is 0.250. The summed E-state index contributed by atoms with van der Waals surface area (Å²) in [6.45, 7) is 0. The number of nitrogens with two attached hydrogens (primary N) is 1. The maximum Gasteiger partial charge on any atom is 0.416 e. The molecule has 0 aliphatic rings. The number of carboxylic acid groups (broad SMARTS) is 1. The van der Waals surface area contributed by atoms with E-state index in [-0.39, 0.29) is 5.56 Å². The molecule has 6 nitrogen and oxygen atoms in total. The molecule has 1 aromatic carbocycles. The van der Waals surface area contributed by atoms with Gasteiger partial charge in [0, 0.05) is 5.56 Å². The van der Waals surface area contributed by atoms with Crippen molar-refractivity contribution in [3.63, 3.8) is 0 Å². The molecule has 1 rings (SSSR count). The Morgan fingerprint density at radius 2 is 1.90 bits per heavy atom. The van der Waals surface area contributed by atoms with Crippen molar-refractivity contribution >= 4 is 17.8 Å². The van der Waals surface area contributed by atoms with E-state index in [1.54, 1.807) is 0 Å². The van der Waals surface area contributed by atoms with Crippen LogP contribution in [0.1, 0.15) is 22.3 Å². The predicted octanol–water partition coefficient (Wildman–Crippen LogP) is 0.764. The Morgan fingerprint density at radius 3 is 2.38 bits per heavy atom. The second kappa shape index (κ2) is 6.25. The normalized spacial score (nSPS) is 12.5. The number of alkyl halides is 3. The van der Waals surface area contributed by atoms with Crippen molar-refractivity contribution in [3.8, 4) is 0 Å². The van der Waals surface area contributed by atoms with Gasteiger partial charge in [0.15, 0.2) is 0 Å². The molecule has 1 atom stereocenters. The first kappa shape index (κ1) is 16.5. The highest BCUT2D eigenvalue weighted by Crippen LogP contribution is 2.29. The summed E-state index contributed by atoms with van der Waals surface area (Å²) in [5, 5.41) is 10.7. The number of carbonyl (C=O) groups excluding carboxylic acids is 2. The van der Waals surface area contributed by atoms with Crippen LogP contribution < -0.4 is 11.1 Å². The highest BCUT2D eigenvalue weighted by molar-refractivity contribution is 5.97. The van der Waals surface area contributed by atoms with Crippen molar-refractivity contribution in [1.82, 2.24) is 5.32 Å². The predicted molar refractivity (Wildman–Crippen MR) is 64.1 cm³/mol. The van der Waals surface area contributed by atoms with Gasteiger partial charge in [0.05, 0.1) is 12.0 Å². The van der Waals surface area contributed by atoms with Gasteiger partial charge >= 0.3 is 12.1 Å². The van der Waals surface area contributed by atoms with Crippen LogP contribution in [0.25, 0.3) is 0 Å². The zero-order chi connectivity index (χ0) is 16.2. The van der Waals surface area contributed by atoms with Crippen LogP contribution in [0.4, 0.5) is 13.2 Å². The van der Waals surface area contributed by atoms with Crippen LogP contribution in [-0.2, 0) is 15.8 Å². The molecule has 4 N–H and O–H groups in total. The molecule has 0 fully saturated rings. The number of rotatable bonds is 5. The molecule has 0 aliphatic carbocycles. The van der Waals surface area contributed by atoms with Crippen molar-refractivity contribution in [2.75, 3.05) is 0 Å². The first-order valence-corrected chi connectivity index (χ1v) is 5.60. The summed E-state index contributed by atoms with van der Waals surface area (Å²) in [5.41, 5.74) is 3.41. The van der Waals surface area contributed by atoms with E-state index in [2.05, 4.69) is 0 Å². The number of nitrogens with one attached hydrogen (secondary N) is 1. The Bertz CT molecular complexity index is 572. The van der Waals surface area contributed by atoms with Crippen LogP contribution in [0.15, 0.2) is 24.3 Å². The van der Waals surface area contributed by atoms with Crippen molar-refractivity contribution in [1.29, 1.82) is 0 Å². The molecule has 0 aromatic heterocycles. The van der Waals surface area contributed by atoms with Crippen molar-refractivity contribution < 1.29 is 32.7 Å². The minimum Gasteiger partial charge on any atom is -0.480 e. The lowest BCUT2D eigenvalue weighted by Crippen LogP contribution is -2.43. The van der Waals surface area contributed by atoms with Gasteiger partial charge in [-0.2, -0.15) is 13.2 Å². The summed E-state index contributed by atoms with van der Waals surface area (Å²) in [6, 6.07) is 1.85. The average molecular weight is 304 g/mol. The van der Waals surface area contributed by atoms with Gasteiger partial charge in [-0.15, -0.1) is 0 Å². The third kappa shape index (κ3) is 4.79. The van der Waals surface area contributed by atoms with E-state index in [1.807, 2.05) is 5.32 Å². The fourth-order valence-corrected chi connectivity index (χ4v) is 1.48. The summed E-state index contributed by atoms with van der Waals surface area (Å²) < 4.78 is 37.5. The Kier molecular flexibility index (Phi) is 4.90. The number of amides is 2. The summed E-state index contributed by atoms with van der Waals surface area (Å²) >= 11 is 0. The lowest BCUT2D eigenvalue weighted by Gasteiger charge is -2.13. The molecule has 1 unspecified atom stereocenters. The smallest absolute Gasteiger partial charge is 0.416 e. The Morgan fingerprint density at radius 1 is 1.29 bits per heavy atom. The number of hydrogen-bond acceptors (Lipinski definition) is 3. The minimum absolute atomic E-state index is 0.374. The molecular formula is C12H11F3N2O4. The lowest BCUT2D eigenvalue weighted by molar-refractivity contribution is -0.141. The van der Waals surface area contributed by atoms with Gasteiger partial charge in [0.1, 0.15) is 6.04 Å². The summed E-state index contributed by atoms with van der Waals surface area (Å²) in [5.74, 6) is -3.53. The fourth-order valence-electron chi connectivity index (χ4n) is 1.48. The third-order valence-corrected chi connectivity index (χ3v) is 2.46. The molecule has 0 bridgehead atoms. The number of carbonyl (C=O) groups is 3. The molecule has 21 heavy (non-hydrogen) atoms. The van der Waals surface area contributed by atoms with Gasteiger partial charge in [0.2, 0.25) is 5.91 Å². The number of halogens is 3. The number of benzene rings is 1. The Labute approximate surface area is 116 Å². The SMILES string of the molecule is NC(=O)CC(NC(=O)c1cccc(C(F)(F)F)c1)C(=O)O. The monoisotopic (exact) mass is 304 g/mol. The van der Waals surface area contributed by atoms with E-state index >= 15 is 0 Å². The standard InChI is InChI=1S/C12H11F3N2O4/c13-12(14,15)7-3-1-2-6(4-7)10(19)17-8(11(20)21)5-9(16)18/h1-4,8H,5H2,(H2,16,18)(H,17,19)(H,20,21). The van der Waals surface area contributed by atoms with Gasteiger partial charge in [-0.25, -0.2) is 4.79 Å². The van der Waals surface area contributed by atoms with Gasteiger partial charge in [0.25, 0.3) is 5.91 Å². The topological polar surface area (TPSA) is 109 Å². The second-order valence-electron chi connectivity index (χ2n) is 4.11. The van der Waals surface area contributed by atoms with Crippen molar-refractivity contribution in [3.05, 3.63) is 35.4 Å². The molecule has 0 radical (unpaired) electrons. The lowest BCUT2D eigenvalue weighted by atomic mass is 10.1. The highest BCUT2D eigenvalue weighted by Gasteiger charge is 2.31. The van der Waals surface area contributed by atoms with E-state index in [0.29, 0.717) is 6.07 Å². The maximum atomic E-state index is 12.5. The van der Waals surface area contributed by atoms with Gasteiger partial charge in [-0.05, 0) is 18.2 Å². The molecule has 2 amide bonds. The first-order valence-electron chi connectivity index (χ1n) is 5.60. The zero-order valence-electron chi connectivity index (χ0n) is 10.5. The molecule has 1 aromatic rings. The summed E-state index contributed by atoms with van der Waals surface area (Å²) in [6.07, 6.45) is -5.30. The van der Waals surface area contributed by atoms with E-state index in [1.165, 1.54) is 0 Å². The largest absolute Gasteiger partial charge is 0.480 e. The summed E-state index contributed by atoms with van der Waals surface area (Å²) in [7, 11) is 0. The van der Waals surface area contributed by atoms with Crippen LogP contribution in [-0.4, -0.2) is 28.9 Å². The number of primary amides is 1. The van der Waals surface area contributed by atoms with Gasteiger partial charge < -0.3 is 16.2 Å². The van der Waals surface area contributed by atoms with Crippen LogP contribution in [0.5, 0.6) is 0 Å². The van der Waals surface area contributed by atoms with Gasteiger partial charge in [-0.3, -0.25) is 9.59 Å². The minimum atomic E-state index is -4.63. The molecular weight excluding hydrogens is 293 g/mol. The molecule has 0 spiro atoms. The number of hydrogen-bond donors (Lipinski definition) is 3. The Hall–Kier alpha value is -2.58. The average Bonchev–Trinajstić information content (AvgIpc) is 2.36. The van der Waals surface area contributed by atoms with E-state index in [0.717, 1.165) is 18.2 Å². The van der Waals surface area contributed by atoms with E-state index in [9.17, 15) is 27.6 Å². The Balaban J connectivity index is 2.93. The molecule has 0 heterocycles. The van der Waals surface area contributed by atoms with Gasteiger partial charge in [-0.1, -0.05) is 6.07 Å².